The third-order valence-corrected chi connectivity index (χ3v) is 6.08. The third kappa shape index (κ3) is 5.53. The van der Waals surface area contributed by atoms with E-state index in [2.05, 4.69) is 11.0 Å². The van der Waals surface area contributed by atoms with Gasteiger partial charge in [-0.05, 0) is 73.4 Å². The van der Waals surface area contributed by atoms with Gasteiger partial charge in [-0.15, -0.1) is 0 Å². The van der Waals surface area contributed by atoms with Crippen molar-refractivity contribution in [2.45, 2.75) is 57.4 Å². The summed E-state index contributed by atoms with van der Waals surface area (Å²) in [6, 6.07) is 12.8. The largest absolute Gasteiger partial charge is 0.493 e. The summed E-state index contributed by atoms with van der Waals surface area (Å²) in [7, 11) is 3.28. The molecule has 2 atom stereocenters. The molecule has 3 rings (SSSR count). The van der Waals surface area contributed by atoms with Crippen molar-refractivity contribution >= 4 is 5.91 Å². The van der Waals surface area contributed by atoms with Crippen LogP contribution in [0.25, 0.3) is 0 Å². The maximum absolute atomic E-state index is 13.2. The Kier molecular flexibility index (Phi) is 7.72. The minimum atomic E-state index is -0.247. The molecule has 0 bridgehead atoms. The molecule has 0 spiro atoms. The van der Waals surface area contributed by atoms with Gasteiger partial charge in [-0.3, -0.25) is 4.79 Å². The molecule has 0 aliphatic carbocycles. The smallest absolute Gasteiger partial charge is 0.223 e. The van der Waals surface area contributed by atoms with Crippen LogP contribution < -0.4 is 9.47 Å². The summed E-state index contributed by atoms with van der Waals surface area (Å²) in [4.78, 5) is 15.1. The molecule has 1 fully saturated rings. The number of hydrogen-bond acceptors (Lipinski definition) is 3. The first-order valence-corrected chi connectivity index (χ1v) is 10.8. The van der Waals surface area contributed by atoms with Gasteiger partial charge in [0.1, 0.15) is 5.82 Å². The summed E-state index contributed by atoms with van der Waals surface area (Å²) in [6.07, 6.45) is 5.55. The van der Waals surface area contributed by atoms with Crippen LogP contribution in [0, 0.1) is 5.82 Å². The minimum absolute atomic E-state index is 0.0755. The molecule has 1 aliphatic rings. The van der Waals surface area contributed by atoms with Crippen molar-refractivity contribution in [1.29, 1.82) is 0 Å². The van der Waals surface area contributed by atoms with Gasteiger partial charge in [0, 0.05) is 19.0 Å². The Hall–Kier alpha value is -2.56. The van der Waals surface area contributed by atoms with E-state index >= 15 is 0 Å². The highest BCUT2D eigenvalue weighted by molar-refractivity contribution is 5.77. The Morgan fingerprint density at radius 2 is 1.83 bits per heavy atom. The number of likely N-dealkylation sites (tertiary alicyclic amines) is 1. The van der Waals surface area contributed by atoms with Crippen molar-refractivity contribution in [2.75, 3.05) is 20.8 Å². The highest BCUT2D eigenvalue weighted by atomic mass is 19.1. The van der Waals surface area contributed by atoms with Crippen LogP contribution in [0.3, 0.4) is 0 Å². The number of methoxy groups -OCH3 is 2. The molecule has 2 aromatic carbocycles. The molecular weight excluding hydrogens is 381 g/mol. The van der Waals surface area contributed by atoms with E-state index in [1.807, 2.05) is 19.1 Å². The van der Waals surface area contributed by atoms with Gasteiger partial charge in [-0.1, -0.05) is 25.1 Å². The molecular formula is C25H32FNO3. The summed E-state index contributed by atoms with van der Waals surface area (Å²) in [6.45, 7) is 2.86. The van der Waals surface area contributed by atoms with Gasteiger partial charge in [0.2, 0.25) is 5.91 Å². The predicted molar refractivity (Wildman–Crippen MR) is 117 cm³/mol. The summed E-state index contributed by atoms with van der Waals surface area (Å²) in [5, 5.41) is 0. The zero-order valence-electron chi connectivity index (χ0n) is 18.2. The number of aryl methyl sites for hydroxylation is 1. The lowest BCUT2D eigenvalue weighted by molar-refractivity contribution is -0.135. The van der Waals surface area contributed by atoms with Crippen LogP contribution in [-0.2, 0) is 11.2 Å². The Bertz CT molecular complexity index is 837. The van der Waals surface area contributed by atoms with E-state index in [-0.39, 0.29) is 23.7 Å². The fourth-order valence-electron chi connectivity index (χ4n) is 4.29. The van der Waals surface area contributed by atoms with Gasteiger partial charge < -0.3 is 14.4 Å². The van der Waals surface area contributed by atoms with Crippen molar-refractivity contribution < 1.29 is 18.7 Å². The fraction of sp³-hybridized carbons (Fsp3) is 0.480. The van der Waals surface area contributed by atoms with Crippen LogP contribution >= 0.6 is 0 Å². The van der Waals surface area contributed by atoms with Crippen molar-refractivity contribution in [3.05, 3.63) is 59.4 Å². The topological polar surface area (TPSA) is 38.8 Å². The molecule has 0 radical (unpaired) electrons. The maximum atomic E-state index is 13.2. The second kappa shape index (κ2) is 10.5. The van der Waals surface area contributed by atoms with Crippen LogP contribution in [-0.4, -0.2) is 37.6 Å². The van der Waals surface area contributed by atoms with Crippen LogP contribution in [0.2, 0.25) is 0 Å². The number of nitrogens with zero attached hydrogens (tertiary/aromatic N) is 1. The number of piperidine rings is 1. The first-order chi connectivity index (χ1) is 14.5. The van der Waals surface area contributed by atoms with Crippen LogP contribution in [0.4, 0.5) is 4.39 Å². The Morgan fingerprint density at radius 1 is 1.10 bits per heavy atom. The van der Waals surface area contributed by atoms with Gasteiger partial charge in [-0.2, -0.15) is 0 Å². The molecule has 1 saturated heterocycles. The first kappa shape index (κ1) is 22.1. The minimum Gasteiger partial charge on any atom is -0.493 e. The van der Waals surface area contributed by atoms with Gasteiger partial charge in [0.15, 0.2) is 11.5 Å². The number of benzene rings is 2. The first-order valence-electron chi connectivity index (χ1n) is 10.8. The van der Waals surface area contributed by atoms with E-state index in [1.165, 1.54) is 17.7 Å². The number of carbonyl (C=O) groups excluding carboxylic acids is 1. The lowest BCUT2D eigenvalue weighted by Crippen LogP contribution is -2.44. The molecule has 30 heavy (non-hydrogen) atoms. The second-order valence-corrected chi connectivity index (χ2v) is 8.12. The van der Waals surface area contributed by atoms with Crippen molar-refractivity contribution in [2.24, 2.45) is 0 Å². The quantitative estimate of drug-likeness (QED) is 0.586. The fourth-order valence-corrected chi connectivity index (χ4v) is 4.29. The Morgan fingerprint density at radius 3 is 2.53 bits per heavy atom. The Labute approximate surface area is 179 Å². The van der Waals surface area contributed by atoms with Crippen molar-refractivity contribution in [3.63, 3.8) is 0 Å². The van der Waals surface area contributed by atoms with E-state index in [0.29, 0.717) is 6.42 Å². The predicted octanol–water partition coefficient (Wildman–Crippen LogP) is 5.35. The third-order valence-electron chi connectivity index (χ3n) is 6.08. The molecule has 1 amide bonds. The molecule has 1 aliphatic heterocycles. The molecule has 5 heteroatoms. The number of carbonyl (C=O) groups is 1. The molecule has 162 valence electrons. The Balaban J connectivity index is 1.61. The summed E-state index contributed by atoms with van der Waals surface area (Å²) in [5.74, 6) is 1.49. The number of halogens is 1. The monoisotopic (exact) mass is 413 g/mol. The van der Waals surface area contributed by atoms with Gasteiger partial charge >= 0.3 is 0 Å². The lowest BCUT2D eigenvalue weighted by atomic mass is 9.93. The van der Waals surface area contributed by atoms with Crippen molar-refractivity contribution in [1.82, 2.24) is 4.90 Å². The normalized spacial score (nSPS) is 17.5. The molecule has 4 nitrogen and oxygen atoms in total. The zero-order valence-corrected chi connectivity index (χ0v) is 18.2. The standard InChI is InChI=1S/C25H32FNO3/c1-18(20-9-11-21(26)12-10-20)16-25(28)27-15-5-4-6-22(27)13-7-19-8-14-23(29-2)24(17-19)30-3/h8-12,14,17-18,22H,4-7,13,15-16H2,1-3H3. The number of rotatable bonds is 8. The maximum Gasteiger partial charge on any atom is 0.223 e. The molecule has 0 aromatic heterocycles. The molecule has 1 heterocycles. The molecule has 2 aromatic rings. The number of ether oxygens (including phenoxy) is 2. The van der Waals surface area contributed by atoms with E-state index in [1.54, 1.807) is 26.4 Å². The van der Waals surface area contributed by atoms with Gasteiger partial charge in [-0.25, -0.2) is 4.39 Å². The highest BCUT2D eigenvalue weighted by Gasteiger charge is 2.27. The van der Waals surface area contributed by atoms with Crippen molar-refractivity contribution in [3.8, 4) is 11.5 Å². The van der Waals surface area contributed by atoms with E-state index in [9.17, 15) is 9.18 Å². The average molecular weight is 414 g/mol. The zero-order chi connectivity index (χ0) is 21.5. The number of hydrogen-bond donors (Lipinski definition) is 0. The van der Waals surface area contributed by atoms with Crippen LogP contribution in [0.1, 0.15) is 56.1 Å². The SMILES string of the molecule is COc1ccc(CCC2CCCCN2C(=O)CC(C)c2ccc(F)cc2)cc1OC. The van der Waals surface area contributed by atoms with Gasteiger partial charge in [0.05, 0.1) is 14.2 Å². The van der Waals surface area contributed by atoms with Gasteiger partial charge in [0.25, 0.3) is 0 Å². The highest BCUT2D eigenvalue weighted by Crippen LogP contribution is 2.30. The average Bonchev–Trinajstić information content (AvgIpc) is 2.78. The van der Waals surface area contributed by atoms with Crippen LogP contribution in [0.5, 0.6) is 11.5 Å². The molecule has 2 unspecified atom stereocenters. The summed E-state index contributed by atoms with van der Waals surface area (Å²) < 4.78 is 23.9. The number of amides is 1. The molecule has 0 N–H and O–H groups in total. The van der Waals surface area contributed by atoms with Crippen LogP contribution in [0.15, 0.2) is 42.5 Å². The van der Waals surface area contributed by atoms with E-state index in [0.717, 1.165) is 55.7 Å². The van der Waals surface area contributed by atoms with E-state index in [4.69, 9.17) is 9.47 Å². The second-order valence-electron chi connectivity index (χ2n) is 8.12. The summed E-state index contributed by atoms with van der Waals surface area (Å²) >= 11 is 0. The van der Waals surface area contributed by atoms with E-state index < -0.39 is 0 Å². The molecule has 0 saturated carbocycles. The lowest BCUT2D eigenvalue weighted by Gasteiger charge is -2.36. The summed E-state index contributed by atoms with van der Waals surface area (Å²) in [5.41, 5.74) is 2.19.